The van der Waals surface area contributed by atoms with Gasteiger partial charge in [-0.1, -0.05) is 0 Å². The standard InChI is InChI=1S/C29H41.C12H19.2C7H7.CH2.2ClH.Zr/c1-26(2,3)22-14-18-13-19-15-23(27(4,5)6)25(29(10,11)12)17-21(19)20(18)16-24(22)28(7,8)9;1-9(2)10-6-7-11(8-10)12(3,4)5;2*1-7-5-3-2-4-6-7;;;;/h14,16-17H,13H2,1-12H3;7-10H,1-5H3;2*3-6H,1H3;1H2;2*1H;. The molecule has 2 aliphatic rings. The fourth-order valence-corrected chi connectivity index (χ4v) is 28.3. The number of halogens is 2. The van der Waals surface area contributed by atoms with E-state index in [1.165, 1.54) is 67.8 Å². The molecule has 59 heavy (non-hydrogen) atoms. The normalized spacial score (nSPS) is 16.3. The zero-order valence-corrected chi connectivity index (χ0v) is 44.5. The van der Waals surface area contributed by atoms with E-state index in [9.17, 15) is 0 Å². The van der Waals surface area contributed by atoms with Gasteiger partial charge in [0.15, 0.2) is 0 Å². The SMILES string of the molecule is Cl.Cl.[CH2]=[Zr]([C]1=CC(C(C)(C)C)=CC1C(C)C)([c]1ccc(C)cc1)([c]1ccc(C)cc1)[c]1c2c(cc(C(C)(C)C)c1C(C)(C)C)-c1cc(C(C)(C)C)c(C(C)(C)C)cc1C2. The van der Waals surface area contributed by atoms with Crippen molar-refractivity contribution in [3.63, 3.8) is 0 Å². The summed E-state index contributed by atoms with van der Waals surface area (Å²) < 4.78 is 12.3. The molecule has 0 aliphatic heterocycles. The third-order valence-corrected chi connectivity index (χ3v) is 30.0. The van der Waals surface area contributed by atoms with Crippen LogP contribution in [-0.2, 0) is 46.4 Å². The monoisotopic (exact) mass is 910 g/mol. The summed E-state index contributed by atoms with van der Waals surface area (Å²) in [5.41, 5.74) is 15.7. The van der Waals surface area contributed by atoms with Crippen LogP contribution >= 0.6 is 24.8 Å². The molecule has 320 valence electrons. The van der Waals surface area contributed by atoms with E-state index in [4.69, 9.17) is 4.21 Å². The van der Waals surface area contributed by atoms with Crippen molar-refractivity contribution in [2.24, 2.45) is 17.3 Å². The molecule has 1 unspecified atom stereocenters. The molecule has 0 amide bonds. The molecule has 4 aromatic carbocycles. The molecule has 0 saturated carbocycles. The summed E-state index contributed by atoms with van der Waals surface area (Å²) in [5, 5.41) is 0. The molecule has 1 atom stereocenters. The Kier molecular flexibility index (Phi) is 13.2. The van der Waals surface area contributed by atoms with Gasteiger partial charge in [0.1, 0.15) is 0 Å². The molecule has 0 heterocycles. The Bertz CT molecular complexity index is 2310. The summed E-state index contributed by atoms with van der Waals surface area (Å²) in [7, 11) is 0. The first-order valence-corrected chi connectivity index (χ1v) is 28.6. The van der Waals surface area contributed by atoms with Gasteiger partial charge < -0.3 is 0 Å². The van der Waals surface area contributed by atoms with Crippen LogP contribution < -0.4 is 9.81 Å². The Morgan fingerprint density at radius 3 is 1.37 bits per heavy atom. The van der Waals surface area contributed by atoms with E-state index in [0.717, 1.165) is 6.42 Å². The number of rotatable bonds is 5. The van der Waals surface area contributed by atoms with Gasteiger partial charge in [-0.15, -0.1) is 24.8 Å². The van der Waals surface area contributed by atoms with Crippen LogP contribution in [0.1, 0.15) is 162 Å². The molecule has 0 radical (unpaired) electrons. The predicted octanol–water partition coefficient (Wildman–Crippen LogP) is 14.4. The van der Waals surface area contributed by atoms with Crippen molar-refractivity contribution < 1.29 is 18.3 Å². The van der Waals surface area contributed by atoms with Crippen LogP contribution in [-0.4, -0.2) is 4.21 Å². The molecule has 0 fully saturated rings. The van der Waals surface area contributed by atoms with Gasteiger partial charge in [-0.3, -0.25) is 0 Å². The van der Waals surface area contributed by atoms with Gasteiger partial charge in [0, 0.05) is 0 Å². The molecule has 4 aromatic rings. The van der Waals surface area contributed by atoms with Crippen LogP contribution in [0.25, 0.3) is 11.1 Å². The topological polar surface area (TPSA) is 0 Å². The number of hydrogen-bond acceptors (Lipinski definition) is 0. The second kappa shape index (κ2) is 15.8. The van der Waals surface area contributed by atoms with Crippen molar-refractivity contribution in [3.8, 4) is 11.1 Å². The number of benzene rings is 4. The van der Waals surface area contributed by atoms with E-state index < -0.39 is 18.3 Å². The van der Waals surface area contributed by atoms with Crippen molar-refractivity contribution in [2.45, 2.75) is 160 Å². The van der Waals surface area contributed by atoms with Crippen LogP contribution in [0.2, 0.25) is 0 Å². The molecule has 0 bridgehead atoms. The maximum absolute atomic E-state index is 6.16. The van der Waals surface area contributed by atoms with Gasteiger partial charge >= 0.3 is 353 Å². The quantitative estimate of drug-likeness (QED) is 0.165. The number of aryl methyl sites for hydroxylation is 2. The van der Waals surface area contributed by atoms with Gasteiger partial charge in [-0.25, -0.2) is 0 Å². The van der Waals surface area contributed by atoms with E-state index in [0.29, 0.717) is 5.92 Å². The zero-order chi connectivity index (χ0) is 42.7. The molecular formula is C56H78Cl2Zr. The molecular weight excluding hydrogens is 835 g/mol. The first-order chi connectivity index (χ1) is 25.9. The number of fused-ring (bicyclic) bond motifs is 3. The van der Waals surface area contributed by atoms with Crippen molar-refractivity contribution >= 4 is 38.8 Å². The summed E-state index contributed by atoms with van der Waals surface area (Å²) in [5.74, 6) is 0.690. The first kappa shape index (κ1) is 49.3. The van der Waals surface area contributed by atoms with Crippen LogP contribution in [0, 0.1) is 31.1 Å². The zero-order valence-electron chi connectivity index (χ0n) is 40.4. The van der Waals surface area contributed by atoms with E-state index >= 15 is 0 Å². The minimum absolute atomic E-state index is 0. The van der Waals surface area contributed by atoms with E-state index in [1.54, 1.807) is 6.55 Å². The molecule has 0 spiro atoms. The first-order valence-electron chi connectivity index (χ1n) is 21.9. The predicted molar refractivity (Wildman–Crippen MR) is 266 cm³/mol. The molecule has 0 aromatic heterocycles. The fourth-order valence-electron chi connectivity index (χ4n) is 10.5. The third-order valence-electron chi connectivity index (χ3n) is 13.7. The molecule has 0 nitrogen and oxygen atoms in total. The maximum atomic E-state index is 6.16. The van der Waals surface area contributed by atoms with E-state index in [2.05, 4.69) is 210 Å². The average Bonchev–Trinajstić information content (AvgIpc) is 3.69. The molecule has 2 aliphatic carbocycles. The summed E-state index contributed by atoms with van der Waals surface area (Å²) in [6.45, 7) is 45.7. The summed E-state index contributed by atoms with van der Waals surface area (Å²) >= 11 is -5.34. The second-order valence-electron chi connectivity index (χ2n) is 23.9. The summed E-state index contributed by atoms with van der Waals surface area (Å²) in [6, 6.07) is 27.5. The Balaban J connectivity index is 0.00000384. The van der Waals surface area contributed by atoms with Gasteiger partial charge in [0.05, 0.1) is 0 Å². The number of hydrogen-bond donors (Lipinski definition) is 0. The van der Waals surface area contributed by atoms with E-state index in [-0.39, 0.29) is 57.8 Å². The van der Waals surface area contributed by atoms with E-state index in [1.807, 2.05) is 0 Å². The molecule has 3 heteroatoms. The van der Waals surface area contributed by atoms with Gasteiger partial charge in [0.2, 0.25) is 0 Å². The Hall–Kier alpha value is -2.31. The van der Waals surface area contributed by atoms with Gasteiger partial charge in [0.25, 0.3) is 0 Å². The van der Waals surface area contributed by atoms with Gasteiger partial charge in [-0.2, -0.15) is 0 Å². The Morgan fingerprint density at radius 2 is 0.983 bits per heavy atom. The summed E-state index contributed by atoms with van der Waals surface area (Å²) in [6.07, 6.45) is 6.28. The van der Waals surface area contributed by atoms with Crippen molar-refractivity contribution in [3.05, 3.63) is 132 Å². The van der Waals surface area contributed by atoms with Crippen molar-refractivity contribution in [2.75, 3.05) is 0 Å². The molecule has 0 N–H and O–H groups in total. The third kappa shape index (κ3) is 8.23. The van der Waals surface area contributed by atoms with Crippen LogP contribution in [0.5, 0.6) is 0 Å². The summed E-state index contributed by atoms with van der Waals surface area (Å²) in [4.78, 5) is 0. The fraction of sp³-hybridized carbons (Fsp3) is 0.482. The van der Waals surface area contributed by atoms with Crippen LogP contribution in [0.15, 0.2) is 87.7 Å². The van der Waals surface area contributed by atoms with Gasteiger partial charge in [-0.05, 0) is 0 Å². The minimum atomic E-state index is -5.34. The van der Waals surface area contributed by atoms with Crippen LogP contribution in [0.4, 0.5) is 0 Å². The molecule has 0 saturated heterocycles. The number of allylic oxidation sites excluding steroid dienone is 4. The second-order valence-corrected chi connectivity index (χ2v) is 36.5. The molecule has 6 rings (SSSR count). The van der Waals surface area contributed by atoms with Crippen LogP contribution in [0.3, 0.4) is 0 Å². The van der Waals surface area contributed by atoms with Crippen molar-refractivity contribution in [1.29, 1.82) is 0 Å². The Morgan fingerprint density at radius 1 is 0.559 bits per heavy atom. The Labute approximate surface area is 374 Å². The average molecular weight is 913 g/mol. The van der Waals surface area contributed by atoms with Crippen molar-refractivity contribution in [1.82, 2.24) is 0 Å².